The summed E-state index contributed by atoms with van der Waals surface area (Å²) in [6.07, 6.45) is 6.52. The van der Waals surface area contributed by atoms with Crippen LogP contribution in [0.4, 0.5) is 8.78 Å². The van der Waals surface area contributed by atoms with Crippen LogP contribution in [0.1, 0.15) is 51.1 Å². The van der Waals surface area contributed by atoms with E-state index in [1.54, 1.807) is 0 Å². The first kappa shape index (κ1) is 21.1. The maximum absolute atomic E-state index is 13.5. The Kier molecular flexibility index (Phi) is 7.30. The highest BCUT2D eigenvalue weighted by Crippen LogP contribution is 2.32. The van der Waals surface area contributed by atoms with Crippen molar-refractivity contribution < 1.29 is 13.6 Å². The molecule has 0 spiro atoms. The molecule has 6 heteroatoms. The van der Waals surface area contributed by atoms with Crippen LogP contribution in [0.2, 0.25) is 0 Å². The van der Waals surface area contributed by atoms with Gasteiger partial charge in [-0.1, -0.05) is 19.8 Å². The number of nitrogens with zero attached hydrogens (tertiary/aromatic N) is 1. The maximum atomic E-state index is 13.5. The number of carbonyl (C=O) groups is 1. The second-order valence-electron chi connectivity index (χ2n) is 7.75. The molecule has 0 bridgehead atoms. The van der Waals surface area contributed by atoms with E-state index in [-0.39, 0.29) is 17.9 Å². The number of ketones is 1. The van der Waals surface area contributed by atoms with E-state index in [0.717, 1.165) is 43.9 Å². The highest BCUT2D eigenvalue weighted by atomic mass is 32.1. The molecule has 1 N–H and O–H groups in total. The van der Waals surface area contributed by atoms with Gasteiger partial charge in [-0.3, -0.25) is 4.79 Å². The van der Waals surface area contributed by atoms with Crippen LogP contribution in [0, 0.1) is 23.5 Å². The molecule has 1 saturated carbocycles. The Morgan fingerprint density at radius 3 is 2.57 bits per heavy atom. The Morgan fingerprint density at radius 1 is 1.29 bits per heavy atom. The van der Waals surface area contributed by atoms with Crippen molar-refractivity contribution in [2.75, 3.05) is 7.05 Å². The maximum Gasteiger partial charge on any atom is 0.136 e. The van der Waals surface area contributed by atoms with Gasteiger partial charge in [0.2, 0.25) is 0 Å². The van der Waals surface area contributed by atoms with Crippen LogP contribution in [0.15, 0.2) is 23.6 Å². The molecule has 0 aliphatic heterocycles. The first-order valence-electron chi connectivity index (χ1n) is 10.1. The van der Waals surface area contributed by atoms with Crippen molar-refractivity contribution in [1.29, 1.82) is 0 Å². The van der Waals surface area contributed by atoms with Crippen molar-refractivity contribution in [3.63, 3.8) is 0 Å². The Balaban J connectivity index is 1.75. The molecule has 2 unspecified atom stereocenters. The molecule has 1 aromatic carbocycles. The molecule has 1 aromatic heterocycles. The third kappa shape index (κ3) is 5.23. The van der Waals surface area contributed by atoms with Crippen molar-refractivity contribution in [2.24, 2.45) is 11.8 Å². The van der Waals surface area contributed by atoms with Crippen LogP contribution in [0.25, 0.3) is 10.6 Å². The second-order valence-corrected chi connectivity index (χ2v) is 8.61. The number of rotatable bonds is 10. The van der Waals surface area contributed by atoms with Crippen LogP contribution in [0.3, 0.4) is 0 Å². The average molecular weight is 407 g/mol. The third-order valence-electron chi connectivity index (χ3n) is 5.70. The number of hydrogen-bond acceptors (Lipinski definition) is 4. The van der Waals surface area contributed by atoms with E-state index < -0.39 is 11.6 Å². The van der Waals surface area contributed by atoms with Crippen molar-refractivity contribution in [3.05, 3.63) is 40.9 Å². The van der Waals surface area contributed by atoms with Gasteiger partial charge >= 0.3 is 0 Å². The Bertz CT molecular complexity index is 783. The zero-order valence-corrected chi connectivity index (χ0v) is 17.3. The summed E-state index contributed by atoms with van der Waals surface area (Å²) < 4.78 is 27.0. The largest absolute Gasteiger partial charge is 0.317 e. The van der Waals surface area contributed by atoms with E-state index in [0.29, 0.717) is 29.2 Å². The average Bonchev–Trinajstić information content (AvgIpc) is 3.05. The van der Waals surface area contributed by atoms with Crippen LogP contribution in [0.5, 0.6) is 0 Å². The van der Waals surface area contributed by atoms with Crippen LogP contribution in [-0.2, 0) is 11.2 Å². The van der Waals surface area contributed by atoms with Crippen LogP contribution in [-0.4, -0.2) is 23.9 Å². The molecule has 2 atom stereocenters. The molecule has 1 fully saturated rings. The summed E-state index contributed by atoms with van der Waals surface area (Å²) in [6.45, 7) is 2.15. The lowest BCUT2D eigenvalue weighted by Gasteiger charge is -2.30. The quantitative estimate of drug-likeness (QED) is 0.575. The molecule has 1 aliphatic carbocycles. The zero-order chi connectivity index (χ0) is 20.1. The minimum Gasteiger partial charge on any atom is -0.317 e. The molecule has 1 aliphatic rings. The fourth-order valence-electron chi connectivity index (χ4n) is 3.92. The summed E-state index contributed by atoms with van der Waals surface area (Å²) in [5.74, 6) is -0.418. The highest BCUT2D eigenvalue weighted by molar-refractivity contribution is 7.13. The third-order valence-corrected chi connectivity index (χ3v) is 6.64. The molecular weight excluding hydrogens is 378 g/mol. The molecule has 0 saturated heterocycles. The number of Topliss-reactive ketones (excluding diaryl/α,β-unsaturated/α-hetero) is 1. The minimum absolute atomic E-state index is 0.178. The first-order valence-corrected chi connectivity index (χ1v) is 11.0. The van der Waals surface area contributed by atoms with Gasteiger partial charge in [-0.2, -0.15) is 0 Å². The van der Waals surface area contributed by atoms with Crippen molar-refractivity contribution >= 4 is 17.1 Å². The Morgan fingerprint density at radius 2 is 2.00 bits per heavy atom. The van der Waals surface area contributed by atoms with Crippen LogP contribution < -0.4 is 5.32 Å². The minimum atomic E-state index is -0.603. The van der Waals surface area contributed by atoms with Gasteiger partial charge in [-0.15, -0.1) is 11.3 Å². The number of carbonyl (C=O) groups excluding carboxylic acids is 1. The van der Waals surface area contributed by atoms with Crippen LogP contribution >= 0.6 is 11.3 Å². The molecule has 0 amide bonds. The van der Waals surface area contributed by atoms with Gasteiger partial charge in [0.05, 0.1) is 5.69 Å². The summed E-state index contributed by atoms with van der Waals surface area (Å²) >= 11 is 1.39. The van der Waals surface area contributed by atoms with E-state index in [9.17, 15) is 13.6 Å². The van der Waals surface area contributed by atoms with Gasteiger partial charge in [0.1, 0.15) is 22.4 Å². The molecule has 152 valence electrons. The zero-order valence-electron chi connectivity index (χ0n) is 16.5. The number of benzene rings is 1. The number of hydrogen-bond donors (Lipinski definition) is 1. The Labute approximate surface area is 169 Å². The molecular formula is C22H28F2N2OS. The predicted octanol–water partition coefficient (Wildman–Crippen LogP) is 5.39. The van der Waals surface area contributed by atoms with Crippen molar-refractivity contribution in [1.82, 2.24) is 10.3 Å². The molecule has 3 rings (SSSR count). The summed E-state index contributed by atoms with van der Waals surface area (Å²) in [6, 6.07) is 3.72. The smallest absolute Gasteiger partial charge is 0.136 e. The molecule has 1 heterocycles. The van der Waals surface area contributed by atoms with Gasteiger partial charge in [0, 0.05) is 35.4 Å². The van der Waals surface area contributed by atoms with Gasteiger partial charge in [-0.05, 0) is 50.8 Å². The van der Waals surface area contributed by atoms with E-state index >= 15 is 0 Å². The van der Waals surface area contributed by atoms with Crippen molar-refractivity contribution in [2.45, 2.75) is 57.9 Å². The predicted molar refractivity (Wildman–Crippen MR) is 109 cm³/mol. The molecule has 3 nitrogen and oxygen atoms in total. The van der Waals surface area contributed by atoms with E-state index in [4.69, 9.17) is 0 Å². The normalized spacial score (nSPS) is 16.6. The fraction of sp³-hybridized carbons (Fsp3) is 0.545. The van der Waals surface area contributed by atoms with Gasteiger partial charge in [0.15, 0.2) is 0 Å². The number of aromatic nitrogens is 1. The summed E-state index contributed by atoms with van der Waals surface area (Å²) in [7, 11) is 1.95. The van der Waals surface area contributed by atoms with Gasteiger partial charge < -0.3 is 5.32 Å². The summed E-state index contributed by atoms with van der Waals surface area (Å²) in [5.41, 5.74) is 1.34. The number of nitrogens with one attached hydrogen (secondary N) is 1. The monoisotopic (exact) mass is 406 g/mol. The van der Waals surface area contributed by atoms with E-state index in [1.165, 1.54) is 23.5 Å². The van der Waals surface area contributed by atoms with E-state index in [2.05, 4.69) is 17.2 Å². The van der Waals surface area contributed by atoms with Gasteiger partial charge in [-0.25, -0.2) is 13.8 Å². The second kappa shape index (κ2) is 9.70. The van der Waals surface area contributed by atoms with E-state index in [1.807, 2.05) is 12.4 Å². The number of thiazole rings is 1. The summed E-state index contributed by atoms with van der Waals surface area (Å²) in [5, 5.41) is 5.93. The first-order chi connectivity index (χ1) is 13.5. The standard InChI is InChI=1S/C22H28F2N2OS/c1-3-5-20(25-2)15(11-21(27)14-6-4-7-14)10-19-13-28-22(26-19)16-8-17(23)12-18(24)9-16/h8-9,12-15,20,25H,3-7,10-11H2,1-2H3. The SMILES string of the molecule is CCCC(NC)C(CC(=O)C1CCC1)Cc1csc(-c2cc(F)cc(F)c2)n1. The summed E-state index contributed by atoms with van der Waals surface area (Å²) in [4.78, 5) is 17.2. The van der Waals surface area contributed by atoms with Crippen molar-refractivity contribution in [3.8, 4) is 10.6 Å². The lowest BCUT2D eigenvalue weighted by Crippen LogP contribution is -2.37. The lowest BCUT2D eigenvalue weighted by atomic mass is 9.77. The molecule has 28 heavy (non-hydrogen) atoms. The lowest BCUT2D eigenvalue weighted by molar-refractivity contribution is -0.126. The molecule has 2 aromatic rings. The topological polar surface area (TPSA) is 42.0 Å². The number of halogens is 2. The highest BCUT2D eigenvalue weighted by Gasteiger charge is 2.30. The van der Waals surface area contributed by atoms with Gasteiger partial charge in [0.25, 0.3) is 0 Å². The fourth-order valence-corrected chi connectivity index (χ4v) is 4.74. The molecule has 0 radical (unpaired) electrons. The Hall–Kier alpha value is -1.66.